The van der Waals surface area contributed by atoms with E-state index in [0.29, 0.717) is 0 Å². The van der Waals surface area contributed by atoms with Crippen LogP contribution in [0.5, 0.6) is 0 Å². The molecule has 0 saturated heterocycles. The van der Waals surface area contributed by atoms with Crippen LogP contribution >= 0.6 is 0 Å². The van der Waals surface area contributed by atoms with Gasteiger partial charge in [0, 0.05) is 37.9 Å². The second-order valence-corrected chi connectivity index (χ2v) is 17.8. The van der Waals surface area contributed by atoms with Gasteiger partial charge >= 0.3 is 0 Å². The van der Waals surface area contributed by atoms with Crippen molar-refractivity contribution in [3.8, 4) is 33.6 Å². The third kappa shape index (κ3) is 6.55. The standard InChI is InChI=1S/C27H20NO.C14H16NSi.Ir/c1-2-7-18(8-3-1)20-13-14-22-23-11-6-12-24(27(23)29-25(22)17-20)26-21-10-5-4-9-19(21)15-16-28-26;1-16(2,3)13-9-10-14(15-11-13)12-7-5-4-6-8-12;/h1-3,6-8,11,13-17H,4-5,9-10H2;4-7,9-11H,1-3H3;/q2*-1;. The van der Waals surface area contributed by atoms with Gasteiger partial charge in [0.1, 0.15) is 5.58 Å². The summed E-state index contributed by atoms with van der Waals surface area (Å²) in [5.41, 5.74) is 11.0. The number of furan rings is 1. The van der Waals surface area contributed by atoms with E-state index in [1.54, 1.807) is 0 Å². The normalized spacial score (nSPS) is 12.6. The predicted molar refractivity (Wildman–Crippen MR) is 189 cm³/mol. The average molecular weight is 793 g/mol. The molecule has 1 aliphatic rings. The van der Waals surface area contributed by atoms with Crippen molar-refractivity contribution in [1.29, 1.82) is 0 Å². The zero-order valence-electron chi connectivity index (χ0n) is 26.4. The average Bonchev–Trinajstić information content (AvgIpc) is 3.47. The second kappa shape index (κ2) is 13.7. The molecule has 8 rings (SSSR count). The van der Waals surface area contributed by atoms with Gasteiger partial charge in [0.2, 0.25) is 0 Å². The third-order valence-electron chi connectivity index (χ3n) is 8.67. The molecule has 0 amide bonds. The Morgan fingerprint density at radius 1 is 0.717 bits per heavy atom. The number of benzene rings is 4. The van der Waals surface area contributed by atoms with Gasteiger partial charge in [0.25, 0.3) is 0 Å². The summed E-state index contributed by atoms with van der Waals surface area (Å²) >= 11 is 0. The van der Waals surface area contributed by atoms with Gasteiger partial charge in [-0.05, 0) is 65.5 Å². The molecule has 0 unspecified atom stereocenters. The van der Waals surface area contributed by atoms with Crippen LogP contribution < -0.4 is 5.19 Å². The molecule has 0 aliphatic heterocycles. The molecule has 1 radical (unpaired) electrons. The fourth-order valence-corrected chi connectivity index (χ4v) is 7.19. The van der Waals surface area contributed by atoms with Crippen molar-refractivity contribution < 1.29 is 24.5 Å². The Labute approximate surface area is 286 Å². The van der Waals surface area contributed by atoms with Crippen LogP contribution in [0.3, 0.4) is 0 Å². The molecule has 3 heterocycles. The molecule has 1 aliphatic carbocycles. The molecule has 3 nitrogen and oxygen atoms in total. The Balaban J connectivity index is 0.000000187. The molecule has 5 heteroatoms. The van der Waals surface area contributed by atoms with E-state index in [0.717, 1.165) is 62.9 Å². The van der Waals surface area contributed by atoms with Crippen molar-refractivity contribution in [3.05, 3.63) is 139 Å². The van der Waals surface area contributed by atoms with Crippen LogP contribution in [0.1, 0.15) is 24.0 Å². The summed E-state index contributed by atoms with van der Waals surface area (Å²) in [5, 5.41) is 3.66. The van der Waals surface area contributed by atoms with E-state index in [2.05, 4.69) is 103 Å². The van der Waals surface area contributed by atoms with Crippen molar-refractivity contribution >= 4 is 35.2 Å². The minimum Gasteiger partial charge on any atom is -0.501 e. The van der Waals surface area contributed by atoms with E-state index in [9.17, 15) is 0 Å². The predicted octanol–water partition coefficient (Wildman–Crippen LogP) is 10.1. The van der Waals surface area contributed by atoms with Gasteiger partial charge < -0.3 is 14.4 Å². The molecule has 231 valence electrons. The quantitative estimate of drug-likeness (QED) is 0.132. The summed E-state index contributed by atoms with van der Waals surface area (Å²) in [6.45, 7) is 7.00. The molecule has 4 aromatic carbocycles. The number of pyridine rings is 2. The molecule has 0 N–H and O–H groups in total. The van der Waals surface area contributed by atoms with Gasteiger partial charge in [-0.2, -0.15) is 0 Å². The first-order valence-electron chi connectivity index (χ1n) is 15.8. The van der Waals surface area contributed by atoms with Crippen LogP contribution in [-0.2, 0) is 32.9 Å². The Morgan fingerprint density at radius 2 is 1.54 bits per heavy atom. The summed E-state index contributed by atoms with van der Waals surface area (Å²) in [5.74, 6) is 0. The number of fused-ring (bicyclic) bond motifs is 4. The zero-order chi connectivity index (χ0) is 30.8. The summed E-state index contributed by atoms with van der Waals surface area (Å²) in [7, 11) is -1.23. The van der Waals surface area contributed by atoms with Gasteiger partial charge in [-0.15, -0.1) is 54.1 Å². The monoisotopic (exact) mass is 793 g/mol. The van der Waals surface area contributed by atoms with Gasteiger partial charge in [0.05, 0.1) is 13.7 Å². The zero-order valence-corrected chi connectivity index (χ0v) is 29.8. The van der Waals surface area contributed by atoms with Gasteiger partial charge in [-0.1, -0.05) is 96.3 Å². The minimum atomic E-state index is -1.23. The van der Waals surface area contributed by atoms with Crippen LogP contribution in [0.2, 0.25) is 19.6 Å². The fourth-order valence-electron chi connectivity index (χ4n) is 6.16. The minimum absolute atomic E-state index is 0. The summed E-state index contributed by atoms with van der Waals surface area (Å²) in [4.78, 5) is 9.28. The number of aromatic nitrogens is 2. The number of hydrogen-bond donors (Lipinski definition) is 0. The van der Waals surface area contributed by atoms with E-state index in [4.69, 9.17) is 9.40 Å². The molecule has 0 atom stereocenters. The van der Waals surface area contributed by atoms with Gasteiger partial charge in [-0.25, -0.2) is 0 Å². The van der Waals surface area contributed by atoms with Crippen molar-refractivity contribution in [2.45, 2.75) is 45.3 Å². The van der Waals surface area contributed by atoms with E-state index in [-0.39, 0.29) is 20.1 Å². The fraction of sp³-hybridized carbons (Fsp3) is 0.171. The van der Waals surface area contributed by atoms with Crippen molar-refractivity contribution in [1.82, 2.24) is 9.97 Å². The van der Waals surface area contributed by atoms with Gasteiger partial charge in [-0.3, -0.25) is 0 Å². The van der Waals surface area contributed by atoms with Crippen molar-refractivity contribution in [2.24, 2.45) is 0 Å². The molecular formula is C41H36IrN2OSi-2. The summed E-state index contributed by atoms with van der Waals surface area (Å²) < 4.78 is 6.42. The van der Waals surface area contributed by atoms with E-state index < -0.39 is 8.07 Å². The maximum Gasteiger partial charge on any atom is 0.121 e. The second-order valence-electron chi connectivity index (χ2n) is 12.7. The summed E-state index contributed by atoms with van der Waals surface area (Å²) in [6, 6.07) is 42.0. The van der Waals surface area contributed by atoms with Crippen LogP contribution in [0.15, 0.2) is 120 Å². The largest absolute Gasteiger partial charge is 0.501 e. The van der Waals surface area contributed by atoms with Crippen LogP contribution in [0.25, 0.3) is 55.6 Å². The van der Waals surface area contributed by atoms with Gasteiger partial charge in [0.15, 0.2) is 0 Å². The Kier molecular flexibility index (Phi) is 9.46. The molecule has 0 bridgehead atoms. The molecule has 3 aromatic heterocycles. The van der Waals surface area contributed by atoms with Crippen LogP contribution in [0.4, 0.5) is 0 Å². The Morgan fingerprint density at radius 3 is 2.30 bits per heavy atom. The molecule has 0 fully saturated rings. The Bertz CT molecular complexity index is 2080. The van der Waals surface area contributed by atoms with E-state index >= 15 is 0 Å². The number of rotatable bonds is 4. The van der Waals surface area contributed by atoms with E-state index in [1.807, 2.05) is 48.8 Å². The Hall–Kier alpha value is -4.15. The number of aryl methyl sites for hydroxylation is 1. The molecule has 0 saturated carbocycles. The first-order chi connectivity index (χ1) is 22.0. The number of hydrogen-bond acceptors (Lipinski definition) is 3. The third-order valence-corrected chi connectivity index (χ3v) is 10.7. The topological polar surface area (TPSA) is 38.9 Å². The first kappa shape index (κ1) is 31.8. The molecule has 7 aromatic rings. The maximum absolute atomic E-state index is 6.42. The van der Waals surface area contributed by atoms with Crippen molar-refractivity contribution in [3.63, 3.8) is 0 Å². The SMILES string of the molecule is C[Si](C)(C)c1ccc(-c2[c-]cccc2)nc1.[Ir].[c-]1ccc2c(oc3cc(-c4ccccc4)ccc32)c1-c1nccc2c1CCCC2. The first-order valence-corrected chi connectivity index (χ1v) is 19.3. The molecule has 0 spiro atoms. The smallest absolute Gasteiger partial charge is 0.121 e. The summed E-state index contributed by atoms with van der Waals surface area (Å²) in [6.07, 6.45) is 8.66. The van der Waals surface area contributed by atoms with Crippen LogP contribution in [0, 0.1) is 12.1 Å². The number of nitrogens with zero attached hydrogens (tertiary/aromatic N) is 2. The molecular weight excluding hydrogens is 757 g/mol. The molecule has 46 heavy (non-hydrogen) atoms. The van der Waals surface area contributed by atoms with Crippen LogP contribution in [-0.4, -0.2) is 18.0 Å². The maximum atomic E-state index is 6.42. The van der Waals surface area contributed by atoms with Crippen molar-refractivity contribution in [2.75, 3.05) is 0 Å². The van der Waals surface area contributed by atoms with E-state index in [1.165, 1.54) is 34.7 Å².